The minimum absolute atomic E-state index is 0.0175. The van der Waals surface area contributed by atoms with Crippen LogP contribution in [0.15, 0.2) is 59.6 Å². The number of rotatable bonds is 6. The summed E-state index contributed by atoms with van der Waals surface area (Å²) in [6.45, 7) is 6.90. The number of hydrogen-bond acceptors (Lipinski definition) is 5. The van der Waals surface area contributed by atoms with Gasteiger partial charge >= 0.3 is 0 Å². The third kappa shape index (κ3) is 5.55. The first kappa shape index (κ1) is 23.7. The largest absolute Gasteiger partial charge is 0.479 e. The number of nitrogens with one attached hydrogen (secondary N) is 1. The highest BCUT2D eigenvalue weighted by molar-refractivity contribution is 7.16. The molecule has 1 aliphatic rings. The number of hydrogen-bond donors (Lipinski definition) is 1. The predicted octanol–water partition coefficient (Wildman–Crippen LogP) is 6.80. The summed E-state index contributed by atoms with van der Waals surface area (Å²) in [5.74, 6) is 1.12. The number of carbonyl (C=O) groups excluding carboxylic acids is 1. The lowest BCUT2D eigenvalue weighted by molar-refractivity contribution is 0.102. The monoisotopic (exact) mass is 471 g/mol. The summed E-state index contributed by atoms with van der Waals surface area (Å²) in [6.07, 6.45) is 4.74. The van der Waals surface area contributed by atoms with Gasteiger partial charge in [0.25, 0.3) is 5.91 Å². The smallest absolute Gasteiger partial charge is 0.259 e. The molecule has 0 saturated carbocycles. The normalized spacial score (nSPS) is 15.5. The number of nitrogens with zero attached hydrogens (tertiary/aromatic N) is 2. The fraction of sp³-hybridized carbons (Fsp3) is 0.321. The number of amides is 1. The number of ether oxygens (including phenoxy) is 1. The van der Waals surface area contributed by atoms with Crippen molar-refractivity contribution in [2.45, 2.75) is 40.0 Å². The molecule has 1 atom stereocenters. The number of aliphatic imine (C=N–C) groups is 1. The molecule has 0 fully saturated rings. The van der Waals surface area contributed by atoms with Gasteiger partial charge in [0, 0.05) is 16.8 Å². The number of benzene rings is 2. The van der Waals surface area contributed by atoms with Gasteiger partial charge in [-0.25, -0.2) is 4.99 Å². The van der Waals surface area contributed by atoms with E-state index in [9.17, 15) is 4.79 Å². The van der Waals surface area contributed by atoms with Gasteiger partial charge in [-0.1, -0.05) is 39.0 Å². The molecule has 0 unspecified atom stereocenters. The third-order valence-corrected chi connectivity index (χ3v) is 7.41. The van der Waals surface area contributed by atoms with Gasteiger partial charge in [-0.15, -0.1) is 11.3 Å². The summed E-state index contributed by atoms with van der Waals surface area (Å²) in [6, 6.07) is 18.9. The van der Waals surface area contributed by atoms with Crippen LogP contribution in [-0.4, -0.2) is 18.7 Å². The van der Waals surface area contributed by atoms with E-state index in [0.29, 0.717) is 17.2 Å². The molecule has 1 N–H and O–H groups in total. The van der Waals surface area contributed by atoms with Crippen molar-refractivity contribution in [1.29, 1.82) is 5.26 Å². The second kappa shape index (κ2) is 10.2. The van der Waals surface area contributed by atoms with Crippen LogP contribution in [0, 0.1) is 22.7 Å². The summed E-state index contributed by atoms with van der Waals surface area (Å²) < 4.78 is 5.32. The van der Waals surface area contributed by atoms with Crippen LogP contribution in [0.1, 0.15) is 53.6 Å². The van der Waals surface area contributed by atoms with Gasteiger partial charge in [0.1, 0.15) is 16.8 Å². The van der Waals surface area contributed by atoms with Crippen molar-refractivity contribution >= 4 is 34.1 Å². The van der Waals surface area contributed by atoms with E-state index in [2.05, 4.69) is 26.1 Å². The van der Waals surface area contributed by atoms with E-state index >= 15 is 0 Å². The van der Waals surface area contributed by atoms with Crippen LogP contribution < -0.4 is 10.1 Å². The molecule has 3 aromatic rings. The average molecular weight is 472 g/mol. The summed E-state index contributed by atoms with van der Waals surface area (Å²) in [5, 5.41) is 12.5. The lowest BCUT2D eigenvalue weighted by Crippen LogP contribution is -2.27. The minimum atomic E-state index is -0.106. The highest BCUT2D eigenvalue weighted by atomic mass is 32.1. The van der Waals surface area contributed by atoms with Crippen LogP contribution in [0.5, 0.6) is 5.75 Å². The van der Waals surface area contributed by atoms with Gasteiger partial charge in [0.15, 0.2) is 6.61 Å². The number of para-hydroxylation sites is 1. The summed E-state index contributed by atoms with van der Waals surface area (Å²) >= 11 is 1.63. The van der Waals surface area contributed by atoms with Crippen LogP contribution in [0.3, 0.4) is 0 Å². The van der Waals surface area contributed by atoms with Gasteiger partial charge in [0.05, 0.1) is 5.56 Å². The number of nitriles is 1. The SMILES string of the molecule is CC(C)(C)[C@@H]1CCc2c(sc(N=Cc3ccc(OCC#N)cc3)c2C(=O)Nc2ccccc2)C1. The number of anilines is 1. The maximum absolute atomic E-state index is 13.4. The van der Waals surface area contributed by atoms with Crippen molar-refractivity contribution < 1.29 is 9.53 Å². The summed E-state index contributed by atoms with van der Waals surface area (Å²) in [7, 11) is 0. The Bertz CT molecular complexity index is 1220. The molecule has 1 amide bonds. The Morgan fingerprint density at radius 3 is 2.62 bits per heavy atom. The summed E-state index contributed by atoms with van der Waals surface area (Å²) in [5.41, 5.74) is 3.75. The fourth-order valence-electron chi connectivity index (χ4n) is 4.25. The fourth-order valence-corrected chi connectivity index (χ4v) is 5.52. The molecular formula is C28H29N3O2S. The molecule has 0 bridgehead atoms. The quantitative estimate of drug-likeness (QED) is 0.402. The molecule has 0 radical (unpaired) electrons. The Balaban J connectivity index is 1.64. The van der Waals surface area contributed by atoms with Gasteiger partial charge in [-0.05, 0) is 78.1 Å². The predicted molar refractivity (Wildman–Crippen MR) is 138 cm³/mol. The molecule has 0 saturated heterocycles. The maximum Gasteiger partial charge on any atom is 0.259 e. The number of carbonyl (C=O) groups is 1. The van der Waals surface area contributed by atoms with E-state index in [1.54, 1.807) is 17.6 Å². The molecule has 5 nitrogen and oxygen atoms in total. The molecule has 34 heavy (non-hydrogen) atoms. The molecule has 4 rings (SSSR count). The number of fused-ring (bicyclic) bond motifs is 1. The van der Waals surface area contributed by atoms with Crippen LogP contribution in [0.25, 0.3) is 0 Å². The molecule has 1 heterocycles. The molecule has 1 aliphatic carbocycles. The maximum atomic E-state index is 13.4. The van der Waals surface area contributed by atoms with E-state index in [-0.39, 0.29) is 17.9 Å². The standard InChI is InChI=1S/C28H29N3O2S/c1-28(2,3)20-11-14-23-24(17-20)34-27(25(23)26(32)31-21-7-5-4-6-8-21)30-18-19-9-12-22(13-10-19)33-16-15-29/h4-10,12-13,18,20H,11,14,16-17H2,1-3H3,(H,31,32)/t20-/m1/s1. The first-order valence-electron chi connectivity index (χ1n) is 11.5. The first-order chi connectivity index (χ1) is 16.3. The van der Waals surface area contributed by atoms with Crippen LogP contribution in [-0.2, 0) is 12.8 Å². The van der Waals surface area contributed by atoms with E-state index in [4.69, 9.17) is 15.0 Å². The second-order valence-electron chi connectivity index (χ2n) is 9.58. The average Bonchev–Trinajstić information content (AvgIpc) is 3.20. The third-order valence-electron chi connectivity index (χ3n) is 6.24. The van der Waals surface area contributed by atoms with Crippen molar-refractivity contribution in [2.75, 3.05) is 11.9 Å². The molecule has 6 heteroatoms. The zero-order chi connectivity index (χ0) is 24.1. The Morgan fingerprint density at radius 1 is 1.21 bits per heavy atom. The van der Waals surface area contributed by atoms with Gasteiger partial charge < -0.3 is 10.1 Å². The molecule has 2 aromatic carbocycles. The van der Waals surface area contributed by atoms with Crippen molar-refractivity contribution in [1.82, 2.24) is 0 Å². The summed E-state index contributed by atoms with van der Waals surface area (Å²) in [4.78, 5) is 19.4. The Kier molecular flexibility index (Phi) is 7.14. The Morgan fingerprint density at radius 2 is 1.94 bits per heavy atom. The molecule has 174 valence electrons. The number of thiophene rings is 1. The second-order valence-corrected chi connectivity index (χ2v) is 10.7. The Hall–Kier alpha value is -3.43. The van der Waals surface area contributed by atoms with Crippen molar-refractivity contribution in [3.8, 4) is 11.8 Å². The van der Waals surface area contributed by atoms with E-state index in [1.165, 1.54) is 4.88 Å². The van der Waals surface area contributed by atoms with E-state index in [1.807, 2.05) is 60.7 Å². The van der Waals surface area contributed by atoms with Crippen LogP contribution in [0.2, 0.25) is 0 Å². The minimum Gasteiger partial charge on any atom is -0.479 e. The lowest BCUT2D eigenvalue weighted by atomic mass is 9.72. The van der Waals surface area contributed by atoms with Gasteiger partial charge in [-0.3, -0.25) is 4.79 Å². The van der Waals surface area contributed by atoms with E-state index < -0.39 is 0 Å². The van der Waals surface area contributed by atoms with Gasteiger partial charge in [0.2, 0.25) is 0 Å². The van der Waals surface area contributed by atoms with Gasteiger partial charge in [-0.2, -0.15) is 5.26 Å². The highest BCUT2D eigenvalue weighted by Crippen LogP contribution is 2.45. The molecular weight excluding hydrogens is 442 g/mol. The van der Waals surface area contributed by atoms with Crippen molar-refractivity contribution in [3.05, 3.63) is 76.2 Å². The Labute approximate surface area is 205 Å². The van der Waals surface area contributed by atoms with Crippen molar-refractivity contribution in [3.63, 3.8) is 0 Å². The lowest BCUT2D eigenvalue weighted by Gasteiger charge is -2.33. The highest BCUT2D eigenvalue weighted by Gasteiger charge is 2.33. The first-order valence-corrected chi connectivity index (χ1v) is 12.3. The van der Waals surface area contributed by atoms with Crippen LogP contribution in [0.4, 0.5) is 10.7 Å². The van der Waals surface area contributed by atoms with E-state index in [0.717, 1.165) is 41.1 Å². The van der Waals surface area contributed by atoms with Crippen LogP contribution >= 0.6 is 11.3 Å². The van der Waals surface area contributed by atoms with Crippen molar-refractivity contribution in [2.24, 2.45) is 16.3 Å². The molecule has 0 aliphatic heterocycles. The zero-order valence-electron chi connectivity index (χ0n) is 19.8. The topological polar surface area (TPSA) is 74.5 Å². The molecule has 0 spiro atoms. The molecule has 1 aromatic heterocycles. The zero-order valence-corrected chi connectivity index (χ0v) is 20.6.